The molecule has 0 rings (SSSR count). The smallest absolute Gasteiger partial charge is 0.0794 e. The van der Waals surface area contributed by atoms with Crippen molar-refractivity contribution >= 4 is 78.3 Å². The molecular formula is C12H46N2Si9. The fourth-order valence-corrected chi connectivity index (χ4v) is 335. The second-order valence-corrected chi connectivity index (χ2v) is 132. The average Bonchev–Trinajstić information content (AvgIpc) is 2.29. The van der Waals surface area contributed by atoms with Crippen LogP contribution >= 0.6 is 0 Å². The first-order valence-corrected chi connectivity index (χ1v) is 38.3. The Balaban J connectivity index is 5.78. The van der Waals surface area contributed by atoms with Gasteiger partial charge in [-0.3, -0.25) is 0 Å². The van der Waals surface area contributed by atoms with Crippen molar-refractivity contribution < 1.29 is 0 Å². The average molecular weight is 471 g/mol. The zero-order valence-electron chi connectivity index (χ0n) is 18.5. The number of hydrogen-bond acceptors (Lipinski definition) is 2. The lowest BCUT2D eigenvalue weighted by Gasteiger charge is -2.52. The van der Waals surface area contributed by atoms with Crippen molar-refractivity contribution in [3.05, 3.63) is 0 Å². The minimum atomic E-state index is -0.772. The highest BCUT2D eigenvalue weighted by Crippen LogP contribution is 2.19. The molecule has 0 aromatic heterocycles. The van der Waals surface area contributed by atoms with Crippen LogP contribution in [0, 0.1) is 0 Å². The summed E-state index contributed by atoms with van der Waals surface area (Å²) in [5, 5.41) is 0. The van der Waals surface area contributed by atoms with E-state index < -0.39 is 20.3 Å². The van der Waals surface area contributed by atoms with Crippen LogP contribution in [-0.2, 0) is 0 Å². The molecule has 0 bridgehead atoms. The molecule has 140 valence electrons. The van der Waals surface area contributed by atoms with Crippen LogP contribution < -0.4 is 0 Å². The van der Waals surface area contributed by atoms with E-state index in [-0.39, 0.29) is 9.20 Å². The highest BCUT2D eigenvalue weighted by Gasteiger charge is 2.48. The van der Waals surface area contributed by atoms with Gasteiger partial charge in [0.25, 0.3) is 0 Å². The fraction of sp³-hybridized carbons (Fsp3) is 1.00. The predicted octanol–water partition coefficient (Wildman–Crippen LogP) is -5.11. The minimum Gasteiger partial charge on any atom is -0.328 e. The van der Waals surface area contributed by atoms with Gasteiger partial charge in [-0.05, 0) is 73.0 Å². The summed E-state index contributed by atoms with van der Waals surface area (Å²) in [4.78, 5) is 0. The lowest BCUT2D eigenvalue weighted by Crippen LogP contribution is -2.82. The fourth-order valence-electron chi connectivity index (χ4n) is 4.73. The van der Waals surface area contributed by atoms with Gasteiger partial charge < -0.3 is 9.13 Å². The molecule has 0 aromatic carbocycles. The van der Waals surface area contributed by atoms with Gasteiger partial charge in [-0.15, -0.1) is 0 Å². The Labute approximate surface area is 166 Å². The zero-order chi connectivity index (χ0) is 18.7. The van der Waals surface area contributed by atoms with E-state index in [1.165, 1.54) is 0 Å². The lowest BCUT2D eigenvalue weighted by atomic mass is 10.3. The Morgan fingerprint density at radius 2 is 1.04 bits per heavy atom. The van der Waals surface area contributed by atoms with Crippen molar-refractivity contribution in [1.82, 2.24) is 9.13 Å². The van der Waals surface area contributed by atoms with Crippen LogP contribution in [0.2, 0.25) is 0 Å². The first kappa shape index (κ1) is 24.9. The van der Waals surface area contributed by atoms with Gasteiger partial charge in [-0.1, -0.05) is 55.4 Å². The Hall–Kier alpha value is 1.87. The van der Waals surface area contributed by atoms with Crippen LogP contribution in [0.4, 0.5) is 0 Å². The largest absolute Gasteiger partial charge is 0.328 e. The molecule has 0 spiro atoms. The van der Waals surface area contributed by atoms with Crippen LogP contribution in [0.3, 0.4) is 0 Å². The Morgan fingerprint density at radius 3 is 1.26 bits per heavy atom. The van der Waals surface area contributed by atoms with Crippen molar-refractivity contribution in [2.24, 2.45) is 0 Å². The van der Waals surface area contributed by atoms with E-state index in [2.05, 4.69) is 64.5 Å². The molecule has 0 aliphatic carbocycles. The first-order chi connectivity index (χ1) is 10.1. The van der Waals surface area contributed by atoms with Crippen molar-refractivity contribution in [3.63, 3.8) is 0 Å². The molecule has 0 amide bonds. The van der Waals surface area contributed by atoms with Crippen LogP contribution in [0.1, 0.15) is 55.4 Å². The number of rotatable bonds is 9. The minimum absolute atomic E-state index is 0.0414. The standard InChI is InChI=1S/C12H46N2Si9/c1-9(2)13(10(3)4)20-23(18,19)21(22(15,16)17)14(11(5)6)12(7)8/h9-12,21H,20H2,1-8,15-19H3. The monoisotopic (exact) mass is 470 g/mol. The molecular weight excluding hydrogens is 425 g/mol. The highest BCUT2D eigenvalue weighted by molar-refractivity contribution is 8.04. The maximum atomic E-state index is 3.21. The normalized spacial score (nSPS) is 21.1. The van der Waals surface area contributed by atoms with Gasteiger partial charge in [0.05, 0.1) is 17.2 Å². The molecule has 2 nitrogen and oxygen atoms in total. The van der Waals surface area contributed by atoms with Crippen LogP contribution in [0.5, 0.6) is 0 Å². The zero-order valence-corrected chi connectivity index (χ0v) is 33.1. The van der Waals surface area contributed by atoms with E-state index in [0.29, 0.717) is 0 Å². The first-order valence-electron chi connectivity index (χ1n) is 9.66. The molecule has 0 heterocycles. The third-order valence-corrected chi connectivity index (χ3v) is 107. The van der Waals surface area contributed by atoms with Crippen molar-refractivity contribution in [2.75, 3.05) is 0 Å². The molecule has 23 heavy (non-hydrogen) atoms. The second kappa shape index (κ2) is 9.70. The summed E-state index contributed by atoms with van der Waals surface area (Å²) in [6, 6.07) is 3.24. The molecule has 0 N–H and O–H groups in total. The molecule has 0 saturated heterocycles. The third-order valence-electron chi connectivity index (χ3n) is 4.97. The van der Waals surface area contributed by atoms with Gasteiger partial charge in [0.2, 0.25) is 0 Å². The lowest BCUT2D eigenvalue weighted by molar-refractivity contribution is 0.312. The van der Waals surface area contributed by atoms with E-state index in [0.717, 1.165) is 24.2 Å². The summed E-state index contributed by atoms with van der Waals surface area (Å²) in [5.41, 5.74) is 0. The van der Waals surface area contributed by atoms with Gasteiger partial charge in [-0.25, -0.2) is 0 Å². The molecule has 0 aliphatic heterocycles. The van der Waals surface area contributed by atoms with Gasteiger partial charge in [0, 0.05) is 12.3 Å². The molecule has 0 radical (unpaired) electrons. The van der Waals surface area contributed by atoms with E-state index >= 15 is 0 Å². The maximum Gasteiger partial charge on any atom is 0.0794 e. The van der Waals surface area contributed by atoms with E-state index in [1.54, 1.807) is 48.8 Å². The SMILES string of the molecule is CC(C)N([SiH2][Si]([SiH3])([SiH3])[SiH](N(C(C)C)C(C)C)[Si]([SiH3])([SiH3])[SiH3])C(C)C. The van der Waals surface area contributed by atoms with E-state index in [1.807, 2.05) is 0 Å². The van der Waals surface area contributed by atoms with E-state index in [4.69, 9.17) is 0 Å². The van der Waals surface area contributed by atoms with Crippen LogP contribution in [-0.4, -0.2) is 112 Å². The second-order valence-electron chi connectivity index (χ2n) is 10.3. The Morgan fingerprint density at radius 1 is 0.696 bits per heavy atom. The number of nitrogens with zero attached hydrogens (tertiary/aromatic N) is 2. The van der Waals surface area contributed by atoms with Crippen molar-refractivity contribution in [2.45, 2.75) is 79.6 Å². The molecule has 0 fully saturated rings. The van der Waals surface area contributed by atoms with Crippen molar-refractivity contribution in [3.8, 4) is 0 Å². The quantitative estimate of drug-likeness (QED) is 0.311. The predicted molar refractivity (Wildman–Crippen MR) is 141 cm³/mol. The van der Waals surface area contributed by atoms with Crippen LogP contribution in [0.15, 0.2) is 0 Å². The van der Waals surface area contributed by atoms with Gasteiger partial charge in [0.1, 0.15) is 0 Å². The van der Waals surface area contributed by atoms with Crippen molar-refractivity contribution in [1.29, 1.82) is 0 Å². The summed E-state index contributed by atoms with van der Waals surface area (Å²) in [7, 11) is 7.67. The molecule has 0 aliphatic rings. The molecule has 0 saturated carbocycles. The van der Waals surface area contributed by atoms with Gasteiger partial charge >= 0.3 is 0 Å². The third kappa shape index (κ3) is 7.56. The topological polar surface area (TPSA) is 6.48 Å². The number of hydrogen-bond donors (Lipinski definition) is 0. The summed E-state index contributed by atoms with van der Waals surface area (Å²) >= 11 is 0. The maximum absolute atomic E-state index is 3.21. The van der Waals surface area contributed by atoms with Gasteiger partial charge in [-0.2, -0.15) is 0 Å². The summed E-state index contributed by atoms with van der Waals surface area (Å²) < 4.78 is 6.23. The summed E-state index contributed by atoms with van der Waals surface area (Å²) in [5.74, 6) is 0. The Kier molecular flexibility index (Phi) is 10.5. The molecule has 0 aromatic rings. The van der Waals surface area contributed by atoms with E-state index in [9.17, 15) is 0 Å². The van der Waals surface area contributed by atoms with Gasteiger partial charge in [0.15, 0.2) is 0 Å². The van der Waals surface area contributed by atoms with Crippen LogP contribution in [0.25, 0.3) is 0 Å². The highest BCUT2D eigenvalue weighted by atomic mass is 30.3. The summed E-state index contributed by atoms with van der Waals surface area (Å²) in [6.45, 7) is 19.9. The molecule has 1 unspecified atom stereocenters. The molecule has 1 atom stereocenters. The summed E-state index contributed by atoms with van der Waals surface area (Å²) in [6.07, 6.45) is -1.40. The Bertz CT molecular complexity index is 339. The molecule has 11 heteroatoms.